The Labute approximate surface area is 76.9 Å². The van der Waals surface area contributed by atoms with Crippen molar-refractivity contribution in [2.45, 2.75) is 38.2 Å². The van der Waals surface area contributed by atoms with Gasteiger partial charge in [-0.3, -0.25) is 0 Å². The summed E-state index contributed by atoms with van der Waals surface area (Å²) in [5.74, 6) is -2.51. The molecule has 0 aliphatic carbocycles. The molecule has 1 aliphatic rings. The van der Waals surface area contributed by atoms with Crippen molar-refractivity contribution in [1.29, 1.82) is 0 Å². The third-order valence-electron chi connectivity index (χ3n) is 2.36. The Morgan fingerprint density at radius 1 is 1.46 bits per heavy atom. The van der Waals surface area contributed by atoms with E-state index in [2.05, 4.69) is 0 Å². The molecule has 4 heteroatoms. The third-order valence-corrected chi connectivity index (χ3v) is 2.36. The fraction of sp³-hybridized carbons (Fsp3) is 1.00. The van der Waals surface area contributed by atoms with Crippen LogP contribution in [0.5, 0.6) is 0 Å². The van der Waals surface area contributed by atoms with Gasteiger partial charge in [-0.2, -0.15) is 0 Å². The smallest absolute Gasteiger partial charge is 0.273 e. The van der Waals surface area contributed by atoms with Crippen LogP contribution in [0.3, 0.4) is 0 Å². The van der Waals surface area contributed by atoms with Gasteiger partial charge in [-0.15, -0.1) is 0 Å². The van der Waals surface area contributed by atoms with Crippen molar-refractivity contribution in [3.05, 3.63) is 0 Å². The maximum Gasteiger partial charge on any atom is 0.273 e. The molecule has 2 nitrogen and oxygen atoms in total. The Bertz CT molecular complexity index is 154. The molecule has 0 bridgehead atoms. The Kier molecular flexibility index (Phi) is 3.62. The maximum atomic E-state index is 12.7. The molecule has 0 aromatic rings. The zero-order valence-electron chi connectivity index (χ0n) is 7.80. The van der Waals surface area contributed by atoms with Crippen LogP contribution in [0.15, 0.2) is 0 Å². The van der Waals surface area contributed by atoms with E-state index in [-0.39, 0.29) is 12.5 Å². The molecule has 0 unspecified atom stereocenters. The lowest BCUT2D eigenvalue weighted by Crippen LogP contribution is -2.33. The molecule has 1 rings (SSSR count). The van der Waals surface area contributed by atoms with Crippen LogP contribution in [0, 0.1) is 5.92 Å². The molecule has 0 saturated carbocycles. The normalized spacial score (nSPS) is 30.5. The predicted octanol–water partition coefficient (Wildman–Crippen LogP) is 1.82. The fourth-order valence-corrected chi connectivity index (χ4v) is 1.50. The molecule has 1 fully saturated rings. The highest BCUT2D eigenvalue weighted by atomic mass is 19.3. The zero-order valence-corrected chi connectivity index (χ0v) is 7.80. The first kappa shape index (κ1) is 10.9. The predicted molar refractivity (Wildman–Crippen MR) is 44.8 cm³/mol. The molecule has 1 saturated heterocycles. The summed E-state index contributed by atoms with van der Waals surface area (Å²) in [5, 5.41) is 8.37. The number of halogens is 2. The van der Waals surface area contributed by atoms with Gasteiger partial charge in [0.15, 0.2) is 0 Å². The molecular formula is C9H16F2O2. The van der Waals surface area contributed by atoms with Crippen molar-refractivity contribution in [1.82, 2.24) is 0 Å². The van der Waals surface area contributed by atoms with E-state index in [0.717, 1.165) is 6.42 Å². The summed E-state index contributed by atoms with van der Waals surface area (Å²) in [6, 6.07) is 0. The second-order valence-electron chi connectivity index (χ2n) is 3.86. The van der Waals surface area contributed by atoms with Gasteiger partial charge >= 0.3 is 0 Å². The van der Waals surface area contributed by atoms with Crippen molar-refractivity contribution >= 4 is 0 Å². The monoisotopic (exact) mass is 194 g/mol. The molecular weight excluding hydrogens is 178 g/mol. The van der Waals surface area contributed by atoms with E-state index in [1.54, 1.807) is 0 Å². The molecule has 0 radical (unpaired) electrons. The van der Waals surface area contributed by atoms with Crippen LogP contribution < -0.4 is 0 Å². The van der Waals surface area contributed by atoms with Crippen LogP contribution >= 0.6 is 0 Å². The molecule has 0 spiro atoms. The second kappa shape index (κ2) is 4.33. The molecule has 0 amide bonds. The van der Waals surface area contributed by atoms with Crippen LogP contribution in [-0.4, -0.2) is 30.3 Å². The van der Waals surface area contributed by atoms with Crippen molar-refractivity contribution in [2.24, 2.45) is 5.92 Å². The number of rotatable bonds is 3. The number of aliphatic hydroxyl groups excluding tert-OH is 1. The highest BCUT2D eigenvalue weighted by Crippen LogP contribution is 2.27. The number of hydrogen-bond donors (Lipinski definition) is 1. The summed E-state index contributed by atoms with van der Waals surface area (Å²) < 4.78 is 30.6. The first-order valence-electron chi connectivity index (χ1n) is 4.64. The first-order chi connectivity index (χ1) is 6.03. The summed E-state index contributed by atoms with van der Waals surface area (Å²) in [7, 11) is 0. The van der Waals surface area contributed by atoms with E-state index >= 15 is 0 Å². The Morgan fingerprint density at radius 2 is 2.15 bits per heavy atom. The van der Waals surface area contributed by atoms with E-state index in [9.17, 15) is 8.78 Å². The van der Waals surface area contributed by atoms with Crippen LogP contribution in [0.1, 0.15) is 26.2 Å². The van der Waals surface area contributed by atoms with E-state index in [4.69, 9.17) is 9.84 Å². The Balaban J connectivity index is 2.30. The van der Waals surface area contributed by atoms with E-state index in [1.807, 2.05) is 6.92 Å². The number of aliphatic hydroxyl groups is 1. The lowest BCUT2D eigenvalue weighted by Gasteiger charge is -2.29. The minimum atomic E-state index is -2.98. The summed E-state index contributed by atoms with van der Waals surface area (Å²) >= 11 is 0. The minimum Gasteiger partial charge on any atom is -0.390 e. The van der Waals surface area contributed by atoms with Gasteiger partial charge in [-0.1, -0.05) is 6.92 Å². The van der Waals surface area contributed by atoms with Crippen molar-refractivity contribution in [2.75, 3.05) is 13.2 Å². The van der Waals surface area contributed by atoms with Gasteiger partial charge in [0, 0.05) is 13.0 Å². The standard InChI is InChI=1S/C9H16F2O2/c1-7-2-3-8(13-5-7)4-9(10,11)6-12/h7-8,12H,2-6H2,1H3/t7-,8+/m0/s1. The van der Waals surface area contributed by atoms with Gasteiger partial charge in [-0.25, -0.2) is 8.78 Å². The molecule has 78 valence electrons. The highest BCUT2D eigenvalue weighted by molar-refractivity contribution is 4.75. The second-order valence-corrected chi connectivity index (χ2v) is 3.86. The quantitative estimate of drug-likeness (QED) is 0.742. The van der Waals surface area contributed by atoms with Gasteiger partial charge in [-0.05, 0) is 18.8 Å². The zero-order chi connectivity index (χ0) is 9.90. The van der Waals surface area contributed by atoms with Crippen molar-refractivity contribution < 1.29 is 18.6 Å². The van der Waals surface area contributed by atoms with Gasteiger partial charge < -0.3 is 9.84 Å². The molecule has 1 N–H and O–H groups in total. The van der Waals surface area contributed by atoms with Crippen molar-refractivity contribution in [3.63, 3.8) is 0 Å². The van der Waals surface area contributed by atoms with Crippen LogP contribution in [0.25, 0.3) is 0 Å². The third kappa shape index (κ3) is 3.56. The summed E-state index contributed by atoms with van der Waals surface area (Å²) in [4.78, 5) is 0. The van der Waals surface area contributed by atoms with Crippen LogP contribution in [0.2, 0.25) is 0 Å². The van der Waals surface area contributed by atoms with Crippen LogP contribution in [-0.2, 0) is 4.74 Å². The summed E-state index contributed by atoms with van der Waals surface area (Å²) in [6.07, 6.45) is 0.887. The topological polar surface area (TPSA) is 29.5 Å². The molecule has 1 aliphatic heterocycles. The molecule has 1 heterocycles. The van der Waals surface area contributed by atoms with E-state index < -0.39 is 12.5 Å². The fourth-order valence-electron chi connectivity index (χ4n) is 1.50. The SMILES string of the molecule is C[C@H]1CC[C@H](CC(F)(F)CO)OC1. The highest BCUT2D eigenvalue weighted by Gasteiger charge is 2.33. The van der Waals surface area contributed by atoms with Crippen molar-refractivity contribution in [3.8, 4) is 0 Å². The van der Waals surface area contributed by atoms with Gasteiger partial charge in [0.05, 0.1) is 6.10 Å². The van der Waals surface area contributed by atoms with Gasteiger partial charge in [0.2, 0.25) is 0 Å². The average Bonchev–Trinajstić information content (AvgIpc) is 2.09. The number of ether oxygens (including phenoxy) is 1. The van der Waals surface area contributed by atoms with E-state index in [1.165, 1.54) is 0 Å². The summed E-state index contributed by atoms with van der Waals surface area (Å²) in [5.41, 5.74) is 0. The number of alkyl halides is 2. The molecule has 0 aromatic carbocycles. The van der Waals surface area contributed by atoms with E-state index in [0.29, 0.717) is 18.9 Å². The Hall–Kier alpha value is -0.220. The minimum absolute atomic E-state index is 0.351. The molecule has 2 atom stereocenters. The lowest BCUT2D eigenvalue weighted by atomic mass is 9.97. The molecule has 13 heavy (non-hydrogen) atoms. The van der Waals surface area contributed by atoms with Gasteiger partial charge in [0.25, 0.3) is 5.92 Å². The Morgan fingerprint density at radius 3 is 2.62 bits per heavy atom. The molecule has 0 aromatic heterocycles. The average molecular weight is 194 g/mol. The van der Waals surface area contributed by atoms with Crippen LogP contribution in [0.4, 0.5) is 8.78 Å². The van der Waals surface area contributed by atoms with Gasteiger partial charge in [0.1, 0.15) is 6.61 Å². The number of hydrogen-bond acceptors (Lipinski definition) is 2. The maximum absolute atomic E-state index is 12.7. The lowest BCUT2D eigenvalue weighted by molar-refractivity contribution is -0.110. The first-order valence-corrected chi connectivity index (χ1v) is 4.64. The summed E-state index contributed by atoms with van der Waals surface area (Å²) in [6.45, 7) is 1.52. The largest absolute Gasteiger partial charge is 0.390 e.